The predicted octanol–water partition coefficient (Wildman–Crippen LogP) is 4.97. The number of thiazole rings is 1. The number of nitro groups is 1. The van der Waals surface area contributed by atoms with Gasteiger partial charge in [-0.15, -0.1) is 11.3 Å². The van der Waals surface area contributed by atoms with Gasteiger partial charge >= 0.3 is 0 Å². The van der Waals surface area contributed by atoms with E-state index in [9.17, 15) is 14.9 Å². The number of rotatable bonds is 5. The van der Waals surface area contributed by atoms with Crippen molar-refractivity contribution in [3.63, 3.8) is 0 Å². The number of anilines is 1. The molecule has 0 aliphatic heterocycles. The molecule has 0 bridgehead atoms. The van der Waals surface area contributed by atoms with Gasteiger partial charge in [0.05, 0.1) is 28.3 Å². The lowest BCUT2D eigenvalue weighted by atomic mass is 10.1. The van der Waals surface area contributed by atoms with Crippen LogP contribution in [0.2, 0.25) is 0 Å². The summed E-state index contributed by atoms with van der Waals surface area (Å²) < 4.78 is 0.964. The van der Waals surface area contributed by atoms with E-state index in [0.29, 0.717) is 16.9 Å². The van der Waals surface area contributed by atoms with Gasteiger partial charge in [-0.25, -0.2) is 4.98 Å². The SMILES string of the molecule is Cc1c(NC(=O)Cc2csc(-c3cccc(Br)c3)n2)cccc1[N+](=O)[O-]. The van der Waals surface area contributed by atoms with E-state index in [1.807, 2.05) is 29.6 Å². The summed E-state index contributed by atoms with van der Waals surface area (Å²) in [5.74, 6) is -0.264. The summed E-state index contributed by atoms with van der Waals surface area (Å²) in [6.45, 7) is 1.61. The van der Waals surface area contributed by atoms with Crippen molar-refractivity contribution >= 4 is 44.5 Å². The van der Waals surface area contributed by atoms with E-state index in [0.717, 1.165) is 15.0 Å². The number of hydrogen-bond donors (Lipinski definition) is 1. The van der Waals surface area contributed by atoms with Gasteiger partial charge in [-0.2, -0.15) is 0 Å². The minimum absolute atomic E-state index is 0.0200. The highest BCUT2D eigenvalue weighted by Gasteiger charge is 2.16. The summed E-state index contributed by atoms with van der Waals surface area (Å²) in [6.07, 6.45) is 0.104. The third-order valence-electron chi connectivity index (χ3n) is 3.74. The number of hydrogen-bond acceptors (Lipinski definition) is 5. The van der Waals surface area contributed by atoms with Crippen molar-refractivity contribution < 1.29 is 9.72 Å². The molecule has 0 spiro atoms. The van der Waals surface area contributed by atoms with E-state index in [-0.39, 0.29) is 18.0 Å². The molecule has 0 aliphatic carbocycles. The average Bonchev–Trinajstić information content (AvgIpc) is 3.05. The highest BCUT2D eigenvalue weighted by atomic mass is 79.9. The standard InChI is InChI=1S/C18H14BrN3O3S/c1-11-15(6-3-7-16(11)22(24)25)21-17(23)9-14-10-26-18(20-14)12-4-2-5-13(19)8-12/h2-8,10H,9H2,1H3,(H,21,23). The van der Waals surface area contributed by atoms with Crippen LogP contribution in [0.15, 0.2) is 52.3 Å². The largest absolute Gasteiger partial charge is 0.325 e. The lowest BCUT2D eigenvalue weighted by Gasteiger charge is -2.07. The molecule has 0 aliphatic rings. The van der Waals surface area contributed by atoms with Gasteiger partial charge in [0.2, 0.25) is 5.91 Å². The monoisotopic (exact) mass is 431 g/mol. The fourth-order valence-electron chi connectivity index (χ4n) is 2.46. The number of amides is 1. The second kappa shape index (κ2) is 7.76. The van der Waals surface area contributed by atoms with Gasteiger partial charge in [0.25, 0.3) is 5.69 Å². The maximum atomic E-state index is 12.3. The van der Waals surface area contributed by atoms with Crippen molar-refractivity contribution in [1.29, 1.82) is 0 Å². The second-order valence-corrected chi connectivity index (χ2v) is 7.36. The molecule has 0 fully saturated rings. The van der Waals surface area contributed by atoms with Gasteiger partial charge in [0.1, 0.15) is 5.01 Å². The zero-order chi connectivity index (χ0) is 18.7. The van der Waals surface area contributed by atoms with Crippen LogP contribution in [-0.4, -0.2) is 15.8 Å². The quantitative estimate of drug-likeness (QED) is 0.456. The Morgan fingerprint density at radius 3 is 2.81 bits per heavy atom. The lowest BCUT2D eigenvalue weighted by molar-refractivity contribution is -0.385. The van der Waals surface area contributed by atoms with Crippen LogP contribution in [-0.2, 0) is 11.2 Å². The second-order valence-electron chi connectivity index (χ2n) is 5.59. The number of benzene rings is 2. The molecule has 0 radical (unpaired) electrons. The molecule has 0 saturated heterocycles. The number of nitro benzene ring substituents is 1. The molecule has 1 aromatic heterocycles. The number of nitrogens with one attached hydrogen (secondary N) is 1. The van der Waals surface area contributed by atoms with Crippen molar-refractivity contribution in [3.05, 3.63) is 73.7 Å². The van der Waals surface area contributed by atoms with Gasteiger partial charge in [0.15, 0.2) is 0 Å². The van der Waals surface area contributed by atoms with Crippen LogP contribution in [0, 0.1) is 17.0 Å². The van der Waals surface area contributed by atoms with Crippen LogP contribution in [0.4, 0.5) is 11.4 Å². The van der Waals surface area contributed by atoms with Crippen molar-refractivity contribution in [2.75, 3.05) is 5.32 Å². The van der Waals surface area contributed by atoms with Crippen LogP contribution in [0.5, 0.6) is 0 Å². The molecule has 6 nitrogen and oxygen atoms in total. The molecule has 0 saturated carbocycles. The Morgan fingerprint density at radius 2 is 2.08 bits per heavy atom. The predicted molar refractivity (Wildman–Crippen MR) is 105 cm³/mol. The number of carbonyl (C=O) groups is 1. The first kappa shape index (κ1) is 18.2. The van der Waals surface area contributed by atoms with Crippen molar-refractivity contribution in [2.24, 2.45) is 0 Å². The summed E-state index contributed by atoms with van der Waals surface area (Å²) >= 11 is 4.90. The average molecular weight is 432 g/mol. The first-order chi connectivity index (χ1) is 12.4. The fraction of sp³-hybridized carbons (Fsp3) is 0.111. The molecule has 0 atom stereocenters. The zero-order valence-corrected chi connectivity index (χ0v) is 16.1. The number of halogens is 1. The zero-order valence-electron chi connectivity index (χ0n) is 13.7. The number of nitrogens with zero attached hydrogens (tertiary/aromatic N) is 2. The Bertz CT molecular complexity index is 987. The van der Waals surface area contributed by atoms with E-state index >= 15 is 0 Å². The van der Waals surface area contributed by atoms with Crippen molar-refractivity contribution in [3.8, 4) is 10.6 Å². The van der Waals surface area contributed by atoms with Crippen LogP contribution in [0.1, 0.15) is 11.3 Å². The van der Waals surface area contributed by atoms with E-state index in [2.05, 4.69) is 26.2 Å². The third-order valence-corrected chi connectivity index (χ3v) is 5.17. The molecule has 1 N–H and O–H groups in total. The molecular weight excluding hydrogens is 418 g/mol. The highest BCUT2D eigenvalue weighted by Crippen LogP contribution is 2.27. The molecule has 3 rings (SSSR count). The smallest absolute Gasteiger partial charge is 0.274 e. The summed E-state index contributed by atoms with van der Waals surface area (Å²) in [5.41, 5.74) is 2.48. The maximum Gasteiger partial charge on any atom is 0.274 e. The van der Waals surface area contributed by atoms with Crippen LogP contribution < -0.4 is 5.32 Å². The first-order valence-corrected chi connectivity index (χ1v) is 9.35. The minimum Gasteiger partial charge on any atom is -0.325 e. The van der Waals surface area contributed by atoms with Crippen LogP contribution in [0.3, 0.4) is 0 Å². The summed E-state index contributed by atoms with van der Waals surface area (Å²) in [5, 5.41) is 16.4. The van der Waals surface area contributed by atoms with Crippen LogP contribution >= 0.6 is 27.3 Å². The Kier molecular flexibility index (Phi) is 5.43. The van der Waals surface area contributed by atoms with Gasteiger partial charge in [-0.05, 0) is 25.1 Å². The summed E-state index contributed by atoms with van der Waals surface area (Å²) in [6, 6.07) is 12.4. The Hall–Kier alpha value is -2.58. The highest BCUT2D eigenvalue weighted by molar-refractivity contribution is 9.10. The van der Waals surface area contributed by atoms with Gasteiger partial charge < -0.3 is 5.32 Å². The molecular formula is C18H14BrN3O3S. The lowest BCUT2D eigenvalue weighted by Crippen LogP contribution is -2.15. The maximum absolute atomic E-state index is 12.3. The van der Waals surface area contributed by atoms with E-state index in [1.54, 1.807) is 19.1 Å². The van der Waals surface area contributed by atoms with E-state index < -0.39 is 4.92 Å². The molecule has 8 heteroatoms. The normalized spacial score (nSPS) is 10.5. The molecule has 3 aromatic rings. The van der Waals surface area contributed by atoms with Gasteiger partial charge in [-0.1, -0.05) is 34.1 Å². The van der Waals surface area contributed by atoms with Crippen LogP contribution in [0.25, 0.3) is 10.6 Å². The number of carbonyl (C=O) groups excluding carboxylic acids is 1. The third kappa shape index (κ3) is 4.14. The Labute approximate surface area is 162 Å². The number of aromatic nitrogens is 1. The summed E-state index contributed by atoms with van der Waals surface area (Å²) in [7, 11) is 0. The Balaban J connectivity index is 1.72. The van der Waals surface area contributed by atoms with Gasteiger partial charge in [-0.3, -0.25) is 14.9 Å². The molecule has 0 unspecified atom stereocenters. The fourth-order valence-corrected chi connectivity index (χ4v) is 3.67. The van der Waals surface area contributed by atoms with Crippen molar-refractivity contribution in [2.45, 2.75) is 13.3 Å². The topological polar surface area (TPSA) is 85.1 Å². The molecule has 1 amide bonds. The molecule has 2 aromatic carbocycles. The van der Waals surface area contributed by atoms with E-state index in [4.69, 9.17) is 0 Å². The van der Waals surface area contributed by atoms with Crippen molar-refractivity contribution in [1.82, 2.24) is 4.98 Å². The molecule has 26 heavy (non-hydrogen) atoms. The molecule has 132 valence electrons. The van der Waals surface area contributed by atoms with Gasteiger partial charge in [0, 0.05) is 21.5 Å². The Morgan fingerprint density at radius 1 is 1.31 bits per heavy atom. The first-order valence-electron chi connectivity index (χ1n) is 7.68. The molecule has 1 heterocycles. The minimum atomic E-state index is -0.463. The van der Waals surface area contributed by atoms with E-state index in [1.165, 1.54) is 17.4 Å². The summed E-state index contributed by atoms with van der Waals surface area (Å²) in [4.78, 5) is 27.3.